The number of rotatable bonds is 4. The van der Waals surface area contributed by atoms with E-state index in [9.17, 15) is 4.79 Å². The van der Waals surface area contributed by atoms with Crippen LogP contribution in [0.5, 0.6) is 0 Å². The van der Waals surface area contributed by atoms with Gasteiger partial charge < -0.3 is 15.0 Å². The number of amides is 1. The van der Waals surface area contributed by atoms with Crippen molar-refractivity contribution in [3.63, 3.8) is 0 Å². The molecule has 104 valence electrons. The van der Waals surface area contributed by atoms with Gasteiger partial charge in [0.1, 0.15) is 0 Å². The Labute approximate surface area is 110 Å². The zero-order valence-electron chi connectivity index (χ0n) is 11.5. The van der Waals surface area contributed by atoms with E-state index in [1.54, 1.807) is 7.11 Å². The van der Waals surface area contributed by atoms with Gasteiger partial charge in [0.05, 0.1) is 6.10 Å². The van der Waals surface area contributed by atoms with Crippen molar-refractivity contribution in [2.24, 2.45) is 5.92 Å². The molecule has 18 heavy (non-hydrogen) atoms. The summed E-state index contributed by atoms with van der Waals surface area (Å²) in [6.07, 6.45) is 6.67. The Balaban J connectivity index is 1.70. The van der Waals surface area contributed by atoms with E-state index in [-0.39, 0.29) is 6.10 Å². The summed E-state index contributed by atoms with van der Waals surface area (Å²) < 4.78 is 5.36. The Morgan fingerprint density at radius 2 is 2.11 bits per heavy atom. The van der Waals surface area contributed by atoms with Crippen LogP contribution >= 0.6 is 0 Å². The highest BCUT2D eigenvalue weighted by Gasteiger charge is 2.24. The van der Waals surface area contributed by atoms with Crippen LogP contribution in [-0.2, 0) is 9.53 Å². The summed E-state index contributed by atoms with van der Waals surface area (Å²) in [6, 6.07) is 0. The Bertz CT molecular complexity index is 265. The summed E-state index contributed by atoms with van der Waals surface area (Å²) in [5, 5.41) is 3.37. The van der Waals surface area contributed by atoms with Gasteiger partial charge in [0.15, 0.2) is 0 Å². The zero-order chi connectivity index (χ0) is 12.8. The topological polar surface area (TPSA) is 41.6 Å². The summed E-state index contributed by atoms with van der Waals surface area (Å²) in [5.41, 5.74) is 0. The minimum absolute atomic E-state index is 0.251. The van der Waals surface area contributed by atoms with Crippen LogP contribution in [0.25, 0.3) is 0 Å². The van der Waals surface area contributed by atoms with Crippen LogP contribution in [0.4, 0.5) is 0 Å². The maximum Gasteiger partial charge on any atom is 0.222 e. The van der Waals surface area contributed by atoms with Crippen molar-refractivity contribution in [1.82, 2.24) is 10.2 Å². The van der Waals surface area contributed by atoms with E-state index in [4.69, 9.17) is 4.74 Å². The number of piperidine rings is 2. The van der Waals surface area contributed by atoms with Crippen molar-refractivity contribution in [3.8, 4) is 0 Å². The second-order valence-electron chi connectivity index (χ2n) is 5.57. The molecule has 2 saturated heterocycles. The van der Waals surface area contributed by atoms with Gasteiger partial charge in [-0.3, -0.25) is 4.79 Å². The van der Waals surface area contributed by atoms with Crippen LogP contribution in [0.1, 0.15) is 38.5 Å². The zero-order valence-corrected chi connectivity index (χ0v) is 11.5. The van der Waals surface area contributed by atoms with Crippen LogP contribution in [0.2, 0.25) is 0 Å². The molecule has 2 rings (SSSR count). The second-order valence-corrected chi connectivity index (χ2v) is 5.57. The van der Waals surface area contributed by atoms with Gasteiger partial charge >= 0.3 is 0 Å². The van der Waals surface area contributed by atoms with Crippen molar-refractivity contribution in [3.05, 3.63) is 0 Å². The number of carbonyl (C=O) groups excluding carboxylic acids is 1. The molecule has 0 aromatic rings. The number of carbonyl (C=O) groups is 1. The highest BCUT2D eigenvalue weighted by Crippen LogP contribution is 2.20. The molecule has 0 aliphatic carbocycles. The quantitative estimate of drug-likeness (QED) is 0.824. The normalized spacial score (nSPS) is 26.3. The first kappa shape index (κ1) is 13.8. The number of nitrogens with one attached hydrogen (secondary N) is 1. The van der Waals surface area contributed by atoms with Crippen LogP contribution in [0.15, 0.2) is 0 Å². The highest BCUT2D eigenvalue weighted by atomic mass is 16.5. The number of hydrogen-bond donors (Lipinski definition) is 1. The predicted molar refractivity (Wildman–Crippen MR) is 71.4 cm³/mol. The number of ether oxygens (including phenoxy) is 1. The molecular weight excluding hydrogens is 228 g/mol. The van der Waals surface area contributed by atoms with Crippen LogP contribution in [0.3, 0.4) is 0 Å². The fourth-order valence-corrected chi connectivity index (χ4v) is 3.01. The van der Waals surface area contributed by atoms with E-state index >= 15 is 0 Å². The maximum absolute atomic E-state index is 12.2. The predicted octanol–water partition coefficient (Wildman–Crippen LogP) is 1.40. The van der Waals surface area contributed by atoms with Crippen molar-refractivity contribution in [2.45, 2.75) is 44.6 Å². The van der Waals surface area contributed by atoms with E-state index < -0.39 is 0 Å². The van der Waals surface area contributed by atoms with E-state index in [0.29, 0.717) is 5.91 Å². The Morgan fingerprint density at radius 1 is 1.33 bits per heavy atom. The third-order valence-corrected chi connectivity index (χ3v) is 4.29. The molecule has 2 fully saturated rings. The summed E-state index contributed by atoms with van der Waals surface area (Å²) in [6.45, 7) is 3.95. The second kappa shape index (κ2) is 7.10. The van der Waals surface area contributed by atoms with Crippen LogP contribution in [0, 0.1) is 5.92 Å². The standard InChI is InChI=1S/C14H26N2O2/c1-18-13-3-2-10-16(11-13)14(17)5-4-12-6-8-15-9-7-12/h12-13,15H,2-11H2,1H3. The van der Waals surface area contributed by atoms with Gasteiger partial charge in [0.25, 0.3) is 0 Å². The first-order valence-electron chi connectivity index (χ1n) is 7.31. The van der Waals surface area contributed by atoms with Crippen molar-refractivity contribution >= 4 is 5.91 Å². The average Bonchev–Trinajstić information content (AvgIpc) is 2.46. The number of methoxy groups -OCH3 is 1. The number of hydrogen-bond acceptors (Lipinski definition) is 3. The fourth-order valence-electron chi connectivity index (χ4n) is 3.01. The van der Waals surface area contributed by atoms with E-state index in [2.05, 4.69) is 5.32 Å². The minimum Gasteiger partial charge on any atom is -0.380 e. The smallest absolute Gasteiger partial charge is 0.222 e. The monoisotopic (exact) mass is 254 g/mol. The third-order valence-electron chi connectivity index (χ3n) is 4.29. The molecule has 0 radical (unpaired) electrons. The lowest BCUT2D eigenvalue weighted by molar-refractivity contribution is -0.135. The summed E-state index contributed by atoms with van der Waals surface area (Å²) in [5.74, 6) is 1.08. The van der Waals surface area contributed by atoms with Gasteiger partial charge in [0.2, 0.25) is 5.91 Å². The Kier molecular flexibility index (Phi) is 5.45. The largest absolute Gasteiger partial charge is 0.380 e. The van der Waals surface area contributed by atoms with Crippen LogP contribution in [-0.4, -0.2) is 50.2 Å². The third kappa shape index (κ3) is 3.95. The maximum atomic E-state index is 12.2. The molecule has 1 amide bonds. The van der Waals surface area contributed by atoms with Gasteiger partial charge in [0, 0.05) is 26.6 Å². The van der Waals surface area contributed by atoms with Crippen molar-refractivity contribution in [1.29, 1.82) is 0 Å². The van der Waals surface area contributed by atoms with Crippen LogP contribution < -0.4 is 5.32 Å². The van der Waals surface area contributed by atoms with Gasteiger partial charge in [-0.15, -0.1) is 0 Å². The number of likely N-dealkylation sites (tertiary alicyclic amines) is 1. The van der Waals surface area contributed by atoms with Crippen molar-refractivity contribution in [2.75, 3.05) is 33.3 Å². The van der Waals surface area contributed by atoms with Crippen molar-refractivity contribution < 1.29 is 9.53 Å². The Morgan fingerprint density at radius 3 is 2.83 bits per heavy atom. The molecule has 2 heterocycles. The lowest BCUT2D eigenvalue weighted by Crippen LogP contribution is -2.43. The van der Waals surface area contributed by atoms with E-state index in [1.807, 2.05) is 4.90 Å². The molecule has 1 unspecified atom stereocenters. The molecule has 1 N–H and O–H groups in total. The lowest BCUT2D eigenvalue weighted by atomic mass is 9.93. The minimum atomic E-state index is 0.251. The molecule has 2 aliphatic heterocycles. The SMILES string of the molecule is COC1CCCN(C(=O)CCC2CCNCC2)C1. The molecular formula is C14H26N2O2. The van der Waals surface area contributed by atoms with Gasteiger partial charge in [-0.05, 0) is 51.1 Å². The lowest BCUT2D eigenvalue weighted by Gasteiger charge is -2.32. The first-order chi connectivity index (χ1) is 8.79. The molecule has 4 heteroatoms. The van der Waals surface area contributed by atoms with Gasteiger partial charge in [-0.1, -0.05) is 0 Å². The molecule has 2 aliphatic rings. The molecule has 0 bridgehead atoms. The molecule has 0 aromatic heterocycles. The molecule has 4 nitrogen and oxygen atoms in total. The van der Waals surface area contributed by atoms with Gasteiger partial charge in [-0.25, -0.2) is 0 Å². The molecule has 0 saturated carbocycles. The van der Waals surface area contributed by atoms with E-state index in [0.717, 1.165) is 57.8 Å². The Hall–Kier alpha value is -0.610. The van der Waals surface area contributed by atoms with Gasteiger partial charge in [-0.2, -0.15) is 0 Å². The number of nitrogens with zero attached hydrogens (tertiary/aromatic N) is 1. The fraction of sp³-hybridized carbons (Fsp3) is 0.929. The molecule has 0 aromatic carbocycles. The average molecular weight is 254 g/mol. The summed E-state index contributed by atoms with van der Waals surface area (Å²) >= 11 is 0. The molecule has 1 atom stereocenters. The highest BCUT2D eigenvalue weighted by molar-refractivity contribution is 5.76. The summed E-state index contributed by atoms with van der Waals surface area (Å²) in [4.78, 5) is 14.2. The molecule has 0 spiro atoms. The first-order valence-corrected chi connectivity index (χ1v) is 7.31. The van der Waals surface area contributed by atoms with E-state index in [1.165, 1.54) is 12.8 Å². The summed E-state index contributed by atoms with van der Waals surface area (Å²) in [7, 11) is 1.74.